The van der Waals surface area contributed by atoms with Gasteiger partial charge in [-0.3, -0.25) is 4.79 Å². The Morgan fingerprint density at radius 2 is 1.76 bits per heavy atom. The largest absolute Gasteiger partial charge is 1.00 e. The summed E-state index contributed by atoms with van der Waals surface area (Å²) >= 11 is 0. The van der Waals surface area contributed by atoms with Gasteiger partial charge in [0, 0.05) is 48.2 Å². The number of aromatic nitrogens is 1. The maximum absolute atomic E-state index is 15.2. The second-order valence-corrected chi connectivity index (χ2v) is 9.42. The molecular formula is C27H24F2N3NaO4. The molecule has 0 radical (unpaired) electrons. The topological polar surface area (TPSA) is 77.8 Å². The summed E-state index contributed by atoms with van der Waals surface area (Å²) in [5, 5.41) is 12.2. The van der Waals surface area contributed by atoms with Gasteiger partial charge in [0.25, 0.3) is 5.91 Å². The number of benzene rings is 2. The molecule has 37 heavy (non-hydrogen) atoms. The van der Waals surface area contributed by atoms with E-state index in [-0.39, 0.29) is 47.2 Å². The zero-order valence-corrected chi connectivity index (χ0v) is 22.5. The van der Waals surface area contributed by atoms with Gasteiger partial charge in [-0.25, -0.2) is 8.78 Å². The number of aliphatic carboxylic acids is 1. The second-order valence-electron chi connectivity index (χ2n) is 9.42. The number of hydrogen-bond acceptors (Lipinski definition) is 5. The van der Waals surface area contributed by atoms with Crippen LogP contribution in [0.15, 0.2) is 42.6 Å². The third-order valence-corrected chi connectivity index (χ3v) is 7.40. The number of halogens is 2. The quantitative estimate of drug-likeness (QED) is 0.435. The van der Waals surface area contributed by atoms with Crippen LogP contribution in [0.1, 0.15) is 39.6 Å². The number of carboxylic acids is 1. The number of morpholine rings is 1. The van der Waals surface area contributed by atoms with E-state index in [4.69, 9.17) is 4.74 Å². The minimum absolute atomic E-state index is 0. The molecule has 10 heteroatoms. The van der Waals surface area contributed by atoms with Crippen LogP contribution in [0.3, 0.4) is 0 Å². The molecule has 1 fully saturated rings. The number of hydrogen-bond donors (Lipinski definition) is 0. The average Bonchev–Trinajstić information content (AvgIpc) is 3.57. The number of anilines is 1. The Morgan fingerprint density at radius 3 is 2.49 bits per heavy atom. The summed E-state index contributed by atoms with van der Waals surface area (Å²) in [6.45, 7) is 2.83. The molecule has 6 rings (SSSR count). The SMILES string of the molecule is O=C([O-])C(c1ccn2c1CCC2)N1Cc2c(F)cc(-c3ccc(N4CCOCC4)c(F)c3)cc2C1=O.[Na+]. The zero-order valence-electron chi connectivity index (χ0n) is 20.5. The van der Waals surface area contributed by atoms with Gasteiger partial charge in [0.1, 0.15) is 11.6 Å². The summed E-state index contributed by atoms with van der Waals surface area (Å²) in [4.78, 5) is 28.6. The Balaban J connectivity index is 0.00000280. The van der Waals surface area contributed by atoms with Crippen LogP contribution in [0.2, 0.25) is 0 Å². The van der Waals surface area contributed by atoms with E-state index in [0.717, 1.165) is 23.6 Å². The second kappa shape index (κ2) is 10.2. The van der Waals surface area contributed by atoms with Crippen LogP contribution in [0.4, 0.5) is 14.5 Å². The Hall–Kier alpha value is -2.72. The minimum atomic E-state index is -1.40. The van der Waals surface area contributed by atoms with Gasteiger partial charge in [0.05, 0.1) is 37.5 Å². The molecule has 0 aliphatic carbocycles. The van der Waals surface area contributed by atoms with Crippen LogP contribution < -0.4 is 39.6 Å². The van der Waals surface area contributed by atoms with E-state index in [1.165, 1.54) is 18.2 Å². The van der Waals surface area contributed by atoms with Crippen molar-refractivity contribution in [3.05, 3.63) is 76.6 Å². The molecule has 4 heterocycles. The van der Waals surface area contributed by atoms with Gasteiger partial charge in [-0.2, -0.15) is 0 Å². The molecular weight excluding hydrogens is 491 g/mol. The van der Waals surface area contributed by atoms with Crippen molar-refractivity contribution in [2.75, 3.05) is 31.2 Å². The fourth-order valence-electron chi connectivity index (χ4n) is 5.61. The summed E-state index contributed by atoms with van der Waals surface area (Å²) in [6, 6.07) is 7.84. The molecule has 3 aliphatic heterocycles. The third-order valence-electron chi connectivity index (χ3n) is 7.40. The Kier molecular flexibility index (Phi) is 7.15. The molecule has 1 saturated heterocycles. The maximum Gasteiger partial charge on any atom is 1.00 e. The third kappa shape index (κ3) is 4.48. The predicted molar refractivity (Wildman–Crippen MR) is 125 cm³/mol. The van der Waals surface area contributed by atoms with Crippen molar-refractivity contribution >= 4 is 17.6 Å². The number of carboxylic acid groups (broad SMARTS) is 1. The van der Waals surface area contributed by atoms with Gasteiger partial charge in [-0.15, -0.1) is 0 Å². The summed E-state index contributed by atoms with van der Waals surface area (Å²) < 4.78 is 37.5. The molecule has 7 nitrogen and oxygen atoms in total. The van der Waals surface area contributed by atoms with Gasteiger partial charge >= 0.3 is 29.6 Å². The molecule has 1 atom stereocenters. The molecule has 186 valence electrons. The maximum atomic E-state index is 15.2. The number of ether oxygens (including phenoxy) is 1. The normalized spacial score (nSPS) is 17.4. The van der Waals surface area contributed by atoms with Crippen LogP contribution in [-0.2, 0) is 29.0 Å². The first-order valence-corrected chi connectivity index (χ1v) is 12.1. The molecule has 0 spiro atoms. The summed E-state index contributed by atoms with van der Waals surface area (Å²) in [6.07, 6.45) is 3.43. The monoisotopic (exact) mass is 515 g/mol. The first-order valence-electron chi connectivity index (χ1n) is 12.1. The molecule has 2 aromatic carbocycles. The van der Waals surface area contributed by atoms with Crippen molar-refractivity contribution in [1.82, 2.24) is 9.47 Å². The van der Waals surface area contributed by atoms with E-state index < -0.39 is 29.6 Å². The van der Waals surface area contributed by atoms with E-state index in [1.807, 2.05) is 15.7 Å². The Bertz CT molecular complexity index is 1390. The molecule has 1 aromatic heterocycles. The van der Waals surface area contributed by atoms with E-state index in [2.05, 4.69) is 0 Å². The van der Waals surface area contributed by atoms with Gasteiger partial charge in [-0.1, -0.05) is 6.07 Å². The number of fused-ring (bicyclic) bond motifs is 2. The number of carbonyl (C=O) groups is 2. The van der Waals surface area contributed by atoms with E-state index >= 15 is 4.39 Å². The van der Waals surface area contributed by atoms with Crippen LogP contribution in [0, 0.1) is 11.6 Å². The fraction of sp³-hybridized carbons (Fsp3) is 0.333. The van der Waals surface area contributed by atoms with E-state index in [0.29, 0.717) is 55.1 Å². The van der Waals surface area contributed by atoms with E-state index in [9.17, 15) is 19.1 Å². The van der Waals surface area contributed by atoms with Gasteiger partial charge in [-0.05, 0) is 54.3 Å². The van der Waals surface area contributed by atoms with Crippen molar-refractivity contribution in [3.63, 3.8) is 0 Å². The van der Waals surface area contributed by atoms with Crippen molar-refractivity contribution in [2.45, 2.75) is 32.0 Å². The molecule has 3 aliphatic rings. The Morgan fingerprint density at radius 1 is 1.00 bits per heavy atom. The first kappa shape index (κ1) is 25.9. The molecule has 0 bridgehead atoms. The minimum Gasteiger partial charge on any atom is -0.548 e. The number of aryl methyl sites for hydroxylation is 1. The molecule has 0 saturated carbocycles. The summed E-state index contributed by atoms with van der Waals surface area (Å²) in [7, 11) is 0. The van der Waals surface area contributed by atoms with Crippen LogP contribution in [-0.4, -0.2) is 47.6 Å². The van der Waals surface area contributed by atoms with Gasteiger partial charge in [0.2, 0.25) is 0 Å². The van der Waals surface area contributed by atoms with Gasteiger partial charge < -0.3 is 29.0 Å². The summed E-state index contributed by atoms with van der Waals surface area (Å²) in [5.74, 6) is -3.06. The van der Waals surface area contributed by atoms with Crippen molar-refractivity contribution < 1.29 is 57.8 Å². The molecule has 3 aromatic rings. The first-order chi connectivity index (χ1) is 17.4. The van der Waals surface area contributed by atoms with E-state index in [1.54, 1.807) is 18.2 Å². The van der Waals surface area contributed by atoms with Gasteiger partial charge in [0.15, 0.2) is 0 Å². The van der Waals surface area contributed by atoms with Crippen molar-refractivity contribution in [1.29, 1.82) is 0 Å². The van der Waals surface area contributed by atoms with Crippen LogP contribution in [0.25, 0.3) is 11.1 Å². The predicted octanol–water partition coefficient (Wildman–Crippen LogP) is -0.333. The summed E-state index contributed by atoms with van der Waals surface area (Å²) in [5.41, 5.74) is 2.83. The molecule has 1 amide bonds. The molecule has 0 N–H and O–H groups in total. The number of nitrogens with zero attached hydrogens (tertiary/aromatic N) is 3. The average molecular weight is 515 g/mol. The zero-order chi connectivity index (χ0) is 25.0. The van der Waals surface area contributed by atoms with Crippen LogP contribution in [0.5, 0.6) is 0 Å². The standard InChI is InChI=1S/C27H25F2N3O4.Na/c28-21-14-17(16-3-4-24(22(29)13-16)31-8-10-36-11-9-31)12-19-20(21)15-32(26(19)33)25(27(34)35)18-5-7-30-6-1-2-23(18)30;/h3-5,7,12-14,25H,1-2,6,8-11,15H2,(H,34,35);/q;+1/p-1. The smallest absolute Gasteiger partial charge is 0.548 e. The number of carbonyl (C=O) groups excluding carboxylic acids is 2. The molecule has 1 unspecified atom stereocenters. The number of rotatable bonds is 5. The fourth-order valence-corrected chi connectivity index (χ4v) is 5.61. The number of amides is 1. The van der Waals surface area contributed by atoms with Crippen molar-refractivity contribution in [3.8, 4) is 11.1 Å². The Labute approximate surface area is 234 Å². The van der Waals surface area contributed by atoms with Crippen LogP contribution >= 0.6 is 0 Å². The van der Waals surface area contributed by atoms with Crippen molar-refractivity contribution in [2.24, 2.45) is 0 Å².